The molecule has 0 aliphatic carbocycles. The van der Waals surface area contributed by atoms with E-state index in [0.29, 0.717) is 5.75 Å². The summed E-state index contributed by atoms with van der Waals surface area (Å²) in [6.45, 7) is 5.85. The van der Waals surface area contributed by atoms with E-state index >= 15 is 0 Å². The van der Waals surface area contributed by atoms with Crippen LogP contribution in [0.25, 0.3) is 6.08 Å². The van der Waals surface area contributed by atoms with E-state index < -0.39 is 0 Å². The lowest BCUT2D eigenvalue weighted by molar-refractivity contribution is 0.136. The Bertz CT molecular complexity index is 692. The van der Waals surface area contributed by atoms with Crippen molar-refractivity contribution in [2.24, 2.45) is 0 Å². The van der Waals surface area contributed by atoms with Crippen molar-refractivity contribution < 1.29 is 9.84 Å². The highest BCUT2D eigenvalue weighted by molar-refractivity contribution is 5.48. The summed E-state index contributed by atoms with van der Waals surface area (Å²) < 4.78 is 5.19. The summed E-state index contributed by atoms with van der Waals surface area (Å²) in [7, 11) is 1.58. The molecule has 1 heterocycles. The minimum absolute atomic E-state index is 0.262. The maximum atomic E-state index is 10.2. The molecule has 3 rings (SSSR count). The molecular formula is C21H26N2O2. The fourth-order valence-electron chi connectivity index (χ4n) is 3.13. The number of hydrogen-bond donors (Lipinski definition) is 1. The summed E-state index contributed by atoms with van der Waals surface area (Å²) in [5.74, 6) is 0.806. The first kappa shape index (κ1) is 17.5. The molecule has 4 nitrogen and oxygen atoms in total. The fourth-order valence-corrected chi connectivity index (χ4v) is 3.13. The van der Waals surface area contributed by atoms with Crippen LogP contribution in [-0.2, 0) is 6.54 Å². The lowest BCUT2D eigenvalue weighted by Gasteiger charge is -2.34. The maximum absolute atomic E-state index is 10.2. The molecule has 1 aliphatic heterocycles. The van der Waals surface area contributed by atoms with Crippen LogP contribution >= 0.6 is 0 Å². The zero-order valence-electron chi connectivity index (χ0n) is 14.8. The molecule has 0 amide bonds. The Morgan fingerprint density at radius 2 is 1.68 bits per heavy atom. The standard InChI is InChI=1S/C21H26N2O2/c1-25-20-11-5-10-19(21(20)24)17-23-15-13-22(14-16-23)12-6-9-18-7-3-2-4-8-18/h2-11,24H,12-17H2,1H3/b9-6+. The van der Waals surface area contributed by atoms with Gasteiger partial charge < -0.3 is 9.84 Å². The highest BCUT2D eigenvalue weighted by Crippen LogP contribution is 2.30. The predicted molar refractivity (Wildman–Crippen MR) is 102 cm³/mol. The zero-order valence-corrected chi connectivity index (χ0v) is 14.8. The van der Waals surface area contributed by atoms with Crippen LogP contribution in [0, 0.1) is 0 Å². The van der Waals surface area contributed by atoms with Crippen LogP contribution in [0.5, 0.6) is 11.5 Å². The molecule has 2 aromatic rings. The van der Waals surface area contributed by atoms with Gasteiger partial charge in [-0.05, 0) is 11.6 Å². The molecular weight excluding hydrogens is 312 g/mol. The molecule has 132 valence electrons. The van der Waals surface area contributed by atoms with E-state index in [1.54, 1.807) is 13.2 Å². The minimum atomic E-state index is 0.262. The second-order valence-corrected chi connectivity index (χ2v) is 6.36. The summed E-state index contributed by atoms with van der Waals surface area (Å²) in [5, 5.41) is 10.2. The van der Waals surface area contributed by atoms with Gasteiger partial charge in [-0.3, -0.25) is 9.80 Å². The van der Waals surface area contributed by atoms with E-state index in [4.69, 9.17) is 4.74 Å². The van der Waals surface area contributed by atoms with Crippen molar-refractivity contribution in [3.05, 3.63) is 65.7 Å². The van der Waals surface area contributed by atoms with Gasteiger partial charge in [0.25, 0.3) is 0 Å². The summed E-state index contributed by atoms with van der Waals surface area (Å²) >= 11 is 0. The molecule has 0 radical (unpaired) electrons. The number of nitrogens with zero attached hydrogens (tertiary/aromatic N) is 2. The highest BCUT2D eigenvalue weighted by Gasteiger charge is 2.18. The summed E-state index contributed by atoms with van der Waals surface area (Å²) in [6.07, 6.45) is 4.42. The number of hydrogen-bond acceptors (Lipinski definition) is 4. The molecule has 1 N–H and O–H groups in total. The van der Waals surface area contributed by atoms with Crippen molar-refractivity contribution in [2.75, 3.05) is 39.8 Å². The monoisotopic (exact) mass is 338 g/mol. The summed E-state index contributed by atoms with van der Waals surface area (Å²) in [6, 6.07) is 16.1. The lowest BCUT2D eigenvalue weighted by Crippen LogP contribution is -2.45. The number of methoxy groups -OCH3 is 1. The average Bonchev–Trinajstić information content (AvgIpc) is 2.66. The van der Waals surface area contributed by atoms with E-state index in [-0.39, 0.29) is 5.75 Å². The van der Waals surface area contributed by atoms with Crippen LogP contribution in [0.1, 0.15) is 11.1 Å². The molecule has 0 unspecified atom stereocenters. The third kappa shape index (κ3) is 4.84. The van der Waals surface area contributed by atoms with E-state index in [1.165, 1.54) is 5.56 Å². The van der Waals surface area contributed by atoms with E-state index in [0.717, 1.165) is 44.8 Å². The molecule has 0 spiro atoms. The fraction of sp³-hybridized carbons (Fsp3) is 0.333. The van der Waals surface area contributed by atoms with Crippen LogP contribution in [-0.4, -0.2) is 54.7 Å². The van der Waals surface area contributed by atoms with E-state index in [1.807, 2.05) is 18.2 Å². The second kappa shape index (κ2) is 8.70. The number of benzene rings is 2. The Balaban J connectivity index is 1.47. The second-order valence-electron chi connectivity index (χ2n) is 6.36. The molecule has 0 saturated carbocycles. The highest BCUT2D eigenvalue weighted by atomic mass is 16.5. The summed E-state index contributed by atoms with van der Waals surface area (Å²) in [5.41, 5.74) is 2.17. The predicted octanol–water partition coefficient (Wildman–Crippen LogP) is 3.23. The van der Waals surface area contributed by atoms with Gasteiger partial charge in [0.1, 0.15) is 0 Å². The molecule has 1 aliphatic rings. The first-order valence-corrected chi connectivity index (χ1v) is 8.77. The molecule has 2 aromatic carbocycles. The van der Waals surface area contributed by atoms with E-state index in [9.17, 15) is 5.11 Å². The van der Waals surface area contributed by atoms with Gasteiger partial charge in [-0.25, -0.2) is 0 Å². The Labute approximate surface area is 150 Å². The maximum Gasteiger partial charge on any atom is 0.162 e. The lowest BCUT2D eigenvalue weighted by atomic mass is 10.1. The van der Waals surface area contributed by atoms with Gasteiger partial charge in [-0.15, -0.1) is 0 Å². The quantitative estimate of drug-likeness (QED) is 0.877. The van der Waals surface area contributed by atoms with Crippen molar-refractivity contribution in [1.82, 2.24) is 9.80 Å². The van der Waals surface area contributed by atoms with Crippen molar-refractivity contribution in [2.45, 2.75) is 6.54 Å². The number of para-hydroxylation sites is 1. The van der Waals surface area contributed by atoms with Crippen LogP contribution < -0.4 is 4.74 Å². The van der Waals surface area contributed by atoms with Crippen molar-refractivity contribution >= 4 is 6.08 Å². The topological polar surface area (TPSA) is 35.9 Å². The number of ether oxygens (including phenoxy) is 1. The van der Waals surface area contributed by atoms with Crippen molar-refractivity contribution in [1.29, 1.82) is 0 Å². The van der Waals surface area contributed by atoms with Gasteiger partial charge in [-0.2, -0.15) is 0 Å². The number of phenols is 1. The molecule has 1 saturated heterocycles. The Hall–Kier alpha value is -2.30. The Kier molecular flexibility index (Phi) is 6.09. The number of phenolic OH excluding ortho intramolecular Hbond substituents is 1. The zero-order chi connectivity index (χ0) is 17.5. The van der Waals surface area contributed by atoms with Crippen LogP contribution in [0.4, 0.5) is 0 Å². The van der Waals surface area contributed by atoms with Gasteiger partial charge in [0, 0.05) is 44.8 Å². The smallest absolute Gasteiger partial charge is 0.162 e. The van der Waals surface area contributed by atoms with Gasteiger partial charge in [-0.1, -0.05) is 54.6 Å². The number of piperazine rings is 1. The molecule has 4 heteroatoms. The van der Waals surface area contributed by atoms with Crippen LogP contribution in [0.2, 0.25) is 0 Å². The molecule has 1 fully saturated rings. The third-order valence-electron chi connectivity index (χ3n) is 4.63. The van der Waals surface area contributed by atoms with Crippen LogP contribution in [0.15, 0.2) is 54.6 Å². The molecule has 25 heavy (non-hydrogen) atoms. The van der Waals surface area contributed by atoms with Crippen LogP contribution in [0.3, 0.4) is 0 Å². The Morgan fingerprint density at radius 3 is 2.40 bits per heavy atom. The SMILES string of the molecule is COc1cccc(CN2CCN(C/C=C/c3ccccc3)CC2)c1O. The first-order valence-electron chi connectivity index (χ1n) is 8.77. The third-order valence-corrected chi connectivity index (χ3v) is 4.63. The minimum Gasteiger partial charge on any atom is -0.504 e. The number of rotatable bonds is 6. The number of aromatic hydroxyl groups is 1. The van der Waals surface area contributed by atoms with Gasteiger partial charge in [0.2, 0.25) is 0 Å². The molecule has 0 aromatic heterocycles. The largest absolute Gasteiger partial charge is 0.504 e. The molecule has 0 bridgehead atoms. The van der Waals surface area contributed by atoms with Crippen molar-refractivity contribution in [3.63, 3.8) is 0 Å². The Morgan fingerprint density at radius 1 is 0.960 bits per heavy atom. The normalized spacial score (nSPS) is 16.4. The average molecular weight is 338 g/mol. The summed E-state index contributed by atoms with van der Waals surface area (Å²) in [4.78, 5) is 4.84. The first-order chi connectivity index (χ1) is 12.3. The van der Waals surface area contributed by atoms with Gasteiger partial charge in [0.05, 0.1) is 7.11 Å². The van der Waals surface area contributed by atoms with E-state index in [2.05, 4.69) is 46.2 Å². The van der Waals surface area contributed by atoms with Gasteiger partial charge >= 0.3 is 0 Å². The van der Waals surface area contributed by atoms with Crippen molar-refractivity contribution in [3.8, 4) is 11.5 Å². The van der Waals surface area contributed by atoms with Gasteiger partial charge in [0.15, 0.2) is 11.5 Å². The molecule has 0 atom stereocenters.